The van der Waals surface area contributed by atoms with E-state index in [0.717, 1.165) is 36.1 Å². The third-order valence-corrected chi connectivity index (χ3v) is 4.84. The molecule has 0 aliphatic carbocycles. The molecule has 0 saturated carbocycles. The minimum Gasteiger partial charge on any atom is -0.493 e. The van der Waals surface area contributed by atoms with Gasteiger partial charge < -0.3 is 9.47 Å². The molecule has 0 aromatic heterocycles. The van der Waals surface area contributed by atoms with E-state index in [4.69, 9.17) is 9.47 Å². The molecule has 29 heavy (non-hydrogen) atoms. The van der Waals surface area contributed by atoms with E-state index < -0.39 is 5.97 Å². The number of cyclic esters (lactones) is 1. The monoisotopic (exact) mass is 391 g/mol. The summed E-state index contributed by atoms with van der Waals surface area (Å²) in [7, 11) is 0. The lowest BCUT2D eigenvalue weighted by atomic mass is 9.87. The molecule has 0 N–H and O–H groups in total. The highest BCUT2D eigenvalue weighted by Crippen LogP contribution is 2.26. The average molecular weight is 392 g/mol. The minimum absolute atomic E-state index is 0.0680. The van der Waals surface area contributed by atoms with Crippen molar-refractivity contribution in [2.75, 3.05) is 6.61 Å². The van der Waals surface area contributed by atoms with Crippen LogP contribution in [0.1, 0.15) is 63.6 Å². The highest BCUT2D eigenvalue weighted by molar-refractivity contribution is 6.12. The van der Waals surface area contributed by atoms with Gasteiger partial charge in [0.25, 0.3) is 0 Å². The van der Waals surface area contributed by atoms with Crippen LogP contribution in [0.2, 0.25) is 0 Å². The van der Waals surface area contributed by atoms with Gasteiger partial charge in [-0.05, 0) is 41.7 Å². The lowest BCUT2D eigenvalue weighted by molar-refractivity contribution is -0.129. The summed E-state index contributed by atoms with van der Waals surface area (Å²) in [6.07, 6.45) is 5.02. The number of unbranched alkanes of at least 4 members (excludes halogenated alkanes) is 2. The number of esters is 1. The number of aliphatic imine (C=N–C) groups is 1. The first-order chi connectivity index (χ1) is 13.9. The van der Waals surface area contributed by atoms with E-state index >= 15 is 0 Å². The molecule has 2 aromatic rings. The van der Waals surface area contributed by atoms with Crippen LogP contribution in [0, 0.1) is 0 Å². The lowest BCUT2D eigenvalue weighted by Crippen LogP contribution is -2.11. The van der Waals surface area contributed by atoms with Crippen molar-refractivity contribution in [3.8, 4) is 5.75 Å². The molecule has 0 atom stereocenters. The van der Waals surface area contributed by atoms with E-state index in [1.807, 2.05) is 48.5 Å². The fourth-order valence-corrected chi connectivity index (χ4v) is 3.06. The maximum atomic E-state index is 12.4. The van der Waals surface area contributed by atoms with Crippen molar-refractivity contribution in [3.63, 3.8) is 0 Å². The summed E-state index contributed by atoms with van der Waals surface area (Å²) in [6, 6.07) is 15.7. The predicted octanol–water partition coefficient (Wildman–Crippen LogP) is 5.90. The van der Waals surface area contributed by atoms with Crippen LogP contribution in [-0.2, 0) is 14.9 Å². The normalized spacial score (nSPS) is 15.4. The molecule has 2 aromatic carbocycles. The van der Waals surface area contributed by atoms with Gasteiger partial charge in [0.2, 0.25) is 5.90 Å². The Morgan fingerprint density at radius 2 is 1.76 bits per heavy atom. The van der Waals surface area contributed by atoms with E-state index in [1.54, 1.807) is 6.08 Å². The van der Waals surface area contributed by atoms with Crippen LogP contribution in [-0.4, -0.2) is 18.5 Å². The Morgan fingerprint density at radius 3 is 2.45 bits per heavy atom. The second kappa shape index (κ2) is 9.08. The molecule has 0 fully saturated rings. The smallest absolute Gasteiger partial charge is 0.363 e. The van der Waals surface area contributed by atoms with Crippen molar-refractivity contribution in [3.05, 3.63) is 70.9 Å². The number of hydrogen-bond donors (Lipinski definition) is 0. The Bertz CT molecular complexity index is 918. The zero-order valence-corrected chi connectivity index (χ0v) is 17.7. The molecule has 0 saturated heterocycles. The fraction of sp³-hybridized carbons (Fsp3) is 0.360. The Balaban J connectivity index is 1.80. The lowest BCUT2D eigenvalue weighted by Gasteiger charge is -2.18. The van der Waals surface area contributed by atoms with Gasteiger partial charge in [-0.2, -0.15) is 0 Å². The van der Waals surface area contributed by atoms with Gasteiger partial charge in [-0.25, -0.2) is 9.79 Å². The summed E-state index contributed by atoms with van der Waals surface area (Å²) in [5.74, 6) is 0.644. The van der Waals surface area contributed by atoms with Crippen LogP contribution in [0.5, 0.6) is 5.75 Å². The number of benzene rings is 2. The molecule has 1 heterocycles. The first-order valence-corrected chi connectivity index (χ1v) is 10.2. The van der Waals surface area contributed by atoms with Gasteiger partial charge in [0.15, 0.2) is 5.70 Å². The Kier molecular flexibility index (Phi) is 6.53. The predicted molar refractivity (Wildman–Crippen MR) is 117 cm³/mol. The van der Waals surface area contributed by atoms with E-state index in [1.165, 1.54) is 5.56 Å². The highest BCUT2D eigenvalue weighted by Gasteiger charge is 2.25. The zero-order valence-electron chi connectivity index (χ0n) is 17.7. The standard InChI is InChI=1S/C25H29NO3/c1-5-6-9-16-28-22-11-8-7-10-19(22)17-21-24(27)29-23(26-21)18-12-14-20(15-13-18)25(2,3)4/h7-8,10-15,17H,5-6,9,16H2,1-4H3/b21-17-. The van der Waals surface area contributed by atoms with Crippen LogP contribution in [0.3, 0.4) is 0 Å². The summed E-state index contributed by atoms with van der Waals surface area (Å²) in [5.41, 5.74) is 3.18. The first kappa shape index (κ1) is 20.8. The third kappa shape index (κ3) is 5.35. The number of para-hydroxylation sites is 1. The summed E-state index contributed by atoms with van der Waals surface area (Å²) in [5, 5.41) is 0. The molecule has 1 aliphatic heterocycles. The molecule has 0 amide bonds. The first-order valence-electron chi connectivity index (χ1n) is 10.2. The number of carbonyl (C=O) groups excluding carboxylic acids is 1. The number of hydrogen-bond acceptors (Lipinski definition) is 4. The maximum Gasteiger partial charge on any atom is 0.363 e. The number of ether oxygens (including phenoxy) is 2. The Morgan fingerprint density at radius 1 is 1.03 bits per heavy atom. The fourth-order valence-electron chi connectivity index (χ4n) is 3.06. The zero-order chi connectivity index (χ0) is 20.9. The van der Waals surface area contributed by atoms with Crippen molar-refractivity contribution in [2.24, 2.45) is 4.99 Å². The second-order valence-electron chi connectivity index (χ2n) is 8.26. The van der Waals surface area contributed by atoms with Crippen LogP contribution >= 0.6 is 0 Å². The Labute approximate surface area is 173 Å². The van der Waals surface area contributed by atoms with Gasteiger partial charge in [-0.3, -0.25) is 0 Å². The minimum atomic E-state index is -0.444. The highest BCUT2D eigenvalue weighted by atomic mass is 16.6. The third-order valence-electron chi connectivity index (χ3n) is 4.84. The molecule has 0 bridgehead atoms. The van der Waals surface area contributed by atoms with Crippen molar-refractivity contribution >= 4 is 17.9 Å². The molecule has 1 aliphatic rings. The summed E-state index contributed by atoms with van der Waals surface area (Å²) < 4.78 is 11.3. The maximum absolute atomic E-state index is 12.4. The van der Waals surface area contributed by atoms with Crippen molar-refractivity contribution in [1.29, 1.82) is 0 Å². The average Bonchev–Trinajstić information content (AvgIpc) is 3.06. The van der Waals surface area contributed by atoms with Crippen molar-refractivity contribution < 1.29 is 14.3 Å². The van der Waals surface area contributed by atoms with Gasteiger partial charge in [-0.1, -0.05) is 70.9 Å². The largest absolute Gasteiger partial charge is 0.493 e. The van der Waals surface area contributed by atoms with E-state index in [9.17, 15) is 4.79 Å². The molecular formula is C25H29NO3. The molecule has 0 radical (unpaired) electrons. The number of rotatable bonds is 7. The summed E-state index contributed by atoms with van der Waals surface area (Å²) in [6.45, 7) is 9.32. The van der Waals surface area contributed by atoms with Crippen LogP contribution in [0.25, 0.3) is 6.08 Å². The van der Waals surface area contributed by atoms with Crippen molar-refractivity contribution in [2.45, 2.75) is 52.4 Å². The van der Waals surface area contributed by atoms with E-state index in [0.29, 0.717) is 12.5 Å². The molecular weight excluding hydrogens is 362 g/mol. The van der Waals surface area contributed by atoms with Crippen LogP contribution < -0.4 is 4.74 Å². The van der Waals surface area contributed by atoms with Gasteiger partial charge in [0.05, 0.1) is 6.61 Å². The second-order valence-corrected chi connectivity index (χ2v) is 8.26. The molecule has 0 unspecified atom stereocenters. The van der Waals surface area contributed by atoms with Crippen LogP contribution in [0.15, 0.2) is 59.2 Å². The Hall–Kier alpha value is -2.88. The van der Waals surface area contributed by atoms with Gasteiger partial charge in [0, 0.05) is 11.1 Å². The molecule has 4 heteroatoms. The molecule has 152 valence electrons. The van der Waals surface area contributed by atoms with E-state index in [2.05, 4.69) is 32.7 Å². The molecule has 3 rings (SSSR count). The summed E-state index contributed by atoms with van der Waals surface area (Å²) >= 11 is 0. The quantitative estimate of drug-likeness (QED) is 0.335. The van der Waals surface area contributed by atoms with Gasteiger partial charge >= 0.3 is 5.97 Å². The van der Waals surface area contributed by atoms with Crippen LogP contribution in [0.4, 0.5) is 0 Å². The SMILES string of the molecule is CCCCCOc1ccccc1/C=C1\N=C(c2ccc(C(C)(C)C)cc2)OC1=O. The summed E-state index contributed by atoms with van der Waals surface area (Å²) in [4.78, 5) is 16.8. The topological polar surface area (TPSA) is 47.9 Å². The van der Waals surface area contributed by atoms with Gasteiger partial charge in [0.1, 0.15) is 5.75 Å². The molecule has 0 spiro atoms. The molecule has 4 nitrogen and oxygen atoms in total. The van der Waals surface area contributed by atoms with Crippen molar-refractivity contribution in [1.82, 2.24) is 0 Å². The van der Waals surface area contributed by atoms with E-state index in [-0.39, 0.29) is 11.1 Å². The number of carbonyl (C=O) groups is 1. The number of nitrogens with zero attached hydrogens (tertiary/aromatic N) is 1. The van der Waals surface area contributed by atoms with Gasteiger partial charge in [-0.15, -0.1) is 0 Å².